The molecule has 0 spiro atoms. The Balaban J connectivity index is 2.30. The molecule has 0 fully saturated rings. The monoisotopic (exact) mass is 200 g/mol. The highest BCUT2D eigenvalue weighted by atomic mass is 32.2. The van der Waals surface area contributed by atoms with Gasteiger partial charge in [-0.2, -0.15) is 16.9 Å². The maximum atomic E-state index is 5.46. The van der Waals surface area contributed by atoms with Gasteiger partial charge in [-0.05, 0) is 13.0 Å². The molecular weight excluding hydrogens is 184 g/mol. The molecule has 0 bridgehead atoms. The molecule has 0 saturated heterocycles. The van der Waals surface area contributed by atoms with Crippen molar-refractivity contribution in [2.24, 2.45) is 12.8 Å². The summed E-state index contributed by atoms with van der Waals surface area (Å²) in [6.07, 6.45) is 2.64. The summed E-state index contributed by atoms with van der Waals surface area (Å²) >= 11 is 1.87. The number of aryl methyl sites for hydroxylation is 1. The minimum atomic E-state index is 0.599. The van der Waals surface area contributed by atoms with Crippen LogP contribution in [-0.2, 0) is 12.8 Å². The van der Waals surface area contributed by atoms with E-state index in [1.54, 1.807) is 6.33 Å². The molecule has 0 aliphatic rings. The molecule has 74 valence electrons. The third-order valence-corrected chi connectivity index (χ3v) is 3.10. The van der Waals surface area contributed by atoms with Crippen LogP contribution in [-0.4, -0.2) is 26.6 Å². The molecular formula is C8H16N4S. The van der Waals surface area contributed by atoms with Crippen LogP contribution in [0.1, 0.15) is 19.2 Å². The Labute approximate surface area is 82.9 Å². The number of hydrogen-bond acceptors (Lipinski definition) is 4. The molecule has 4 nitrogen and oxygen atoms in total. The lowest BCUT2D eigenvalue weighted by molar-refractivity contribution is 0.728. The molecule has 0 amide bonds. The molecule has 13 heavy (non-hydrogen) atoms. The van der Waals surface area contributed by atoms with Crippen LogP contribution in [0.3, 0.4) is 0 Å². The fourth-order valence-corrected chi connectivity index (χ4v) is 1.98. The zero-order valence-electron chi connectivity index (χ0n) is 8.10. The highest BCUT2D eigenvalue weighted by Crippen LogP contribution is 2.17. The first-order chi connectivity index (χ1) is 6.24. The Morgan fingerprint density at radius 1 is 1.69 bits per heavy atom. The number of aromatic nitrogens is 3. The smallest absolute Gasteiger partial charge is 0.138 e. The average molecular weight is 200 g/mol. The molecule has 5 heteroatoms. The Hall–Kier alpha value is -0.550. The largest absolute Gasteiger partial charge is 0.330 e. The first kappa shape index (κ1) is 10.5. The quantitative estimate of drug-likeness (QED) is 0.763. The van der Waals surface area contributed by atoms with Crippen molar-refractivity contribution in [3.8, 4) is 0 Å². The topological polar surface area (TPSA) is 56.7 Å². The predicted molar refractivity (Wildman–Crippen MR) is 55.4 cm³/mol. The van der Waals surface area contributed by atoms with Crippen LogP contribution in [0.15, 0.2) is 6.33 Å². The van der Waals surface area contributed by atoms with E-state index < -0.39 is 0 Å². The van der Waals surface area contributed by atoms with Crippen molar-refractivity contribution in [3.05, 3.63) is 12.2 Å². The predicted octanol–water partition coefficient (Wildman–Crippen LogP) is 0.786. The van der Waals surface area contributed by atoms with Crippen LogP contribution >= 0.6 is 11.8 Å². The molecule has 0 aliphatic heterocycles. The number of nitrogens with zero attached hydrogens (tertiary/aromatic N) is 3. The fraction of sp³-hybridized carbons (Fsp3) is 0.750. The van der Waals surface area contributed by atoms with Gasteiger partial charge in [-0.3, -0.25) is 4.68 Å². The first-order valence-corrected chi connectivity index (χ1v) is 5.43. The second kappa shape index (κ2) is 5.24. The maximum absolute atomic E-state index is 5.46. The standard InChI is InChI=1S/C8H16N4S/c1-7(3-4-9)13-5-8-10-6-11-12(8)2/h6-7H,3-5,9H2,1-2H3. The SMILES string of the molecule is CC(CCN)SCc1ncnn1C. The normalized spacial score (nSPS) is 13.2. The van der Waals surface area contributed by atoms with Crippen molar-refractivity contribution in [3.63, 3.8) is 0 Å². The number of thioether (sulfide) groups is 1. The molecule has 1 heterocycles. The lowest BCUT2D eigenvalue weighted by Gasteiger charge is -2.08. The number of hydrogen-bond donors (Lipinski definition) is 1. The van der Waals surface area contributed by atoms with Gasteiger partial charge in [-0.25, -0.2) is 4.98 Å². The summed E-state index contributed by atoms with van der Waals surface area (Å²) in [5.74, 6) is 1.94. The van der Waals surface area contributed by atoms with E-state index in [-0.39, 0.29) is 0 Å². The van der Waals surface area contributed by atoms with E-state index in [9.17, 15) is 0 Å². The van der Waals surface area contributed by atoms with Crippen LogP contribution < -0.4 is 5.73 Å². The van der Waals surface area contributed by atoms with Crippen molar-refractivity contribution in [2.45, 2.75) is 24.3 Å². The second-order valence-corrected chi connectivity index (χ2v) is 4.43. The third kappa shape index (κ3) is 3.36. The van der Waals surface area contributed by atoms with Crippen LogP contribution in [0, 0.1) is 0 Å². The van der Waals surface area contributed by atoms with Gasteiger partial charge in [0.25, 0.3) is 0 Å². The molecule has 1 rings (SSSR count). The number of rotatable bonds is 5. The summed E-state index contributed by atoms with van der Waals surface area (Å²) in [5.41, 5.74) is 5.46. The molecule has 1 aromatic rings. The summed E-state index contributed by atoms with van der Waals surface area (Å²) in [4.78, 5) is 4.15. The zero-order chi connectivity index (χ0) is 9.68. The van der Waals surface area contributed by atoms with Crippen molar-refractivity contribution in [2.75, 3.05) is 6.54 Å². The molecule has 2 N–H and O–H groups in total. The molecule has 0 radical (unpaired) electrons. The minimum Gasteiger partial charge on any atom is -0.330 e. The van der Waals surface area contributed by atoms with E-state index in [1.807, 2.05) is 23.5 Å². The minimum absolute atomic E-state index is 0.599. The third-order valence-electron chi connectivity index (χ3n) is 1.88. The van der Waals surface area contributed by atoms with E-state index in [1.165, 1.54) is 0 Å². The lowest BCUT2D eigenvalue weighted by Crippen LogP contribution is -2.08. The van der Waals surface area contributed by atoms with Crippen molar-refractivity contribution >= 4 is 11.8 Å². The van der Waals surface area contributed by atoms with Crippen molar-refractivity contribution in [1.29, 1.82) is 0 Å². The molecule has 1 atom stereocenters. The maximum Gasteiger partial charge on any atom is 0.138 e. The van der Waals surface area contributed by atoms with Gasteiger partial charge in [-0.15, -0.1) is 0 Å². The van der Waals surface area contributed by atoms with Gasteiger partial charge in [0.1, 0.15) is 12.2 Å². The Morgan fingerprint density at radius 2 is 2.46 bits per heavy atom. The summed E-state index contributed by atoms with van der Waals surface area (Å²) in [6, 6.07) is 0. The van der Waals surface area contributed by atoms with E-state index in [2.05, 4.69) is 17.0 Å². The molecule has 1 aromatic heterocycles. The highest BCUT2D eigenvalue weighted by Gasteiger charge is 2.04. The van der Waals surface area contributed by atoms with Gasteiger partial charge < -0.3 is 5.73 Å². The van der Waals surface area contributed by atoms with Crippen molar-refractivity contribution < 1.29 is 0 Å². The highest BCUT2D eigenvalue weighted by molar-refractivity contribution is 7.99. The van der Waals surface area contributed by atoms with Crippen LogP contribution in [0.2, 0.25) is 0 Å². The Bertz CT molecular complexity index is 248. The van der Waals surface area contributed by atoms with Gasteiger partial charge in [0.05, 0.1) is 5.75 Å². The summed E-state index contributed by atoms with van der Waals surface area (Å²) in [5, 5.41) is 4.61. The molecule has 0 aromatic carbocycles. The van der Waals surface area contributed by atoms with Gasteiger partial charge in [0, 0.05) is 12.3 Å². The van der Waals surface area contributed by atoms with E-state index in [0.29, 0.717) is 5.25 Å². The summed E-state index contributed by atoms with van der Waals surface area (Å²) in [6.45, 7) is 2.95. The number of nitrogens with two attached hydrogens (primary N) is 1. The molecule has 0 aliphatic carbocycles. The lowest BCUT2D eigenvalue weighted by atomic mass is 10.3. The summed E-state index contributed by atoms with van der Waals surface area (Å²) < 4.78 is 1.81. The van der Waals surface area contributed by atoms with Crippen LogP contribution in [0.4, 0.5) is 0 Å². The first-order valence-electron chi connectivity index (χ1n) is 4.38. The Kier molecular flexibility index (Phi) is 4.24. The Morgan fingerprint density at radius 3 is 3.00 bits per heavy atom. The van der Waals surface area contributed by atoms with Gasteiger partial charge in [-0.1, -0.05) is 6.92 Å². The van der Waals surface area contributed by atoms with Gasteiger partial charge in [0.2, 0.25) is 0 Å². The summed E-state index contributed by atoms with van der Waals surface area (Å²) in [7, 11) is 1.91. The fourth-order valence-electron chi connectivity index (χ4n) is 0.986. The van der Waals surface area contributed by atoms with E-state index >= 15 is 0 Å². The van der Waals surface area contributed by atoms with Crippen LogP contribution in [0.25, 0.3) is 0 Å². The molecule has 1 unspecified atom stereocenters. The zero-order valence-corrected chi connectivity index (χ0v) is 8.92. The second-order valence-electron chi connectivity index (χ2n) is 3.00. The molecule has 0 saturated carbocycles. The van der Waals surface area contributed by atoms with Crippen molar-refractivity contribution in [1.82, 2.24) is 14.8 Å². The average Bonchev–Trinajstić information content (AvgIpc) is 2.48. The van der Waals surface area contributed by atoms with E-state index in [0.717, 1.165) is 24.5 Å². The van der Waals surface area contributed by atoms with Gasteiger partial charge >= 0.3 is 0 Å². The van der Waals surface area contributed by atoms with Crippen LogP contribution in [0.5, 0.6) is 0 Å². The van der Waals surface area contributed by atoms with Gasteiger partial charge in [0.15, 0.2) is 0 Å². The van der Waals surface area contributed by atoms with E-state index in [4.69, 9.17) is 5.73 Å².